The van der Waals surface area contributed by atoms with Crippen molar-refractivity contribution in [1.82, 2.24) is 9.80 Å². The van der Waals surface area contributed by atoms with Gasteiger partial charge < -0.3 is 14.5 Å². The SMILES string of the molecule is CN(CC(F)(F)F)C(=O)N1CCOCC1. The molecule has 0 saturated carbocycles. The average Bonchev–Trinajstić information content (AvgIpc) is 2.15. The first-order valence-electron chi connectivity index (χ1n) is 4.55. The van der Waals surface area contributed by atoms with Gasteiger partial charge >= 0.3 is 12.2 Å². The summed E-state index contributed by atoms with van der Waals surface area (Å²) in [6, 6.07) is -0.601. The number of hydrogen-bond donors (Lipinski definition) is 0. The predicted octanol–water partition coefficient (Wildman–Crippen LogP) is 0.933. The number of hydrogen-bond acceptors (Lipinski definition) is 2. The van der Waals surface area contributed by atoms with E-state index in [1.807, 2.05) is 0 Å². The molecule has 2 amide bonds. The zero-order chi connectivity index (χ0) is 11.5. The molecule has 0 aromatic carbocycles. The summed E-state index contributed by atoms with van der Waals surface area (Å²) in [4.78, 5) is 13.5. The minimum atomic E-state index is -4.35. The van der Waals surface area contributed by atoms with Crippen molar-refractivity contribution in [3.63, 3.8) is 0 Å². The topological polar surface area (TPSA) is 32.8 Å². The molecule has 1 heterocycles. The second kappa shape index (κ2) is 4.69. The van der Waals surface area contributed by atoms with E-state index in [0.717, 1.165) is 7.05 Å². The van der Waals surface area contributed by atoms with E-state index < -0.39 is 18.8 Å². The molecule has 0 radical (unpaired) electrons. The first kappa shape index (κ1) is 12.1. The quantitative estimate of drug-likeness (QED) is 0.666. The number of carbonyl (C=O) groups excluding carboxylic acids is 1. The van der Waals surface area contributed by atoms with Crippen molar-refractivity contribution in [2.24, 2.45) is 0 Å². The summed E-state index contributed by atoms with van der Waals surface area (Å²) in [5.74, 6) is 0. The number of urea groups is 1. The van der Waals surface area contributed by atoms with E-state index in [2.05, 4.69) is 0 Å². The van der Waals surface area contributed by atoms with Gasteiger partial charge in [-0.2, -0.15) is 13.2 Å². The fourth-order valence-corrected chi connectivity index (χ4v) is 1.33. The second-order valence-corrected chi connectivity index (χ2v) is 3.35. The molecular weight excluding hydrogens is 213 g/mol. The molecule has 0 spiro atoms. The maximum absolute atomic E-state index is 12.0. The Balaban J connectivity index is 2.44. The van der Waals surface area contributed by atoms with E-state index in [1.54, 1.807) is 0 Å². The van der Waals surface area contributed by atoms with Gasteiger partial charge in [0.2, 0.25) is 0 Å². The van der Waals surface area contributed by atoms with E-state index in [0.29, 0.717) is 31.2 Å². The normalized spacial score (nSPS) is 17.7. The van der Waals surface area contributed by atoms with E-state index in [4.69, 9.17) is 4.74 Å². The van der Waals surface area contributed by atoms with Crippen molar-refractivity contribution in [3.05, 3.63) is 0 Å². The highest BCUT2D eigenvalue weighted by atomic mass is 19.4. The summed E-state index contributed by atoms with van der Waals surface area (Å²) in [5, 5.41) is 0. The van der Waals surface area contributed by atoms with Gasteiger partial charge in [0.15, 0.2) is 0 Å². The number of alkyl halides is 3. The van der Waals surface area contributed by atoms with Gasteiger partial charge in [-0.15, -0.1) is 0 Å². The monoisotopic (exact) mass is 226 g/mol. The zero-order valence-electron chi connectivity index (χ0n) is 8.38. The van der Waals surface area contributed by atoms with Crippen LogP contribution >= 0.6 is 0 Å². The molecule has 0 unspecified atom stereocenters. The van der Waals surface area contributed by atoms with Gasteiger partial charge in [0, 0.05) is 20.1 Å². The largest absolute Gasteiger partial charge is 0.406 e. The Morgan fingerprint density at radius 2 is 1.93 bits per heavy atom. The number of nitrogens with zero attached hydrogens (tertiary/aromatic N) is 2. The smallest absolute Gasteiger partial charge is 0.378 e. The van der Waals surface area contributed by atoms with Gasteiger partial charge in [0.1, 0.15) is 6.54 Å². The Morgan fingerprint density at radius 3 is 2.40 bits per heavy atom. The van der Waals surface area contributed by atoms with Crippen molar-refractivity contribution in [1.29, 1.82) is 0 Å². The lowest BCUT2D eigenvalue weighted by atomic mass is 10.4. The van der Waals surface area contributed by atoms with Gasteiger partial charge in [-0.25, -0.2) is 4.79 Å². The first-order valence-corrected chi connectivity index (χ1v) is 4.55. The number of halogens is 3. The Hall–Kier alpha value is -0.980. The average molecular weight is 226 g/mol. The van der Waals surface area contributed by atoms with Crippen LogP contribution in [0.15, 0.2) is 0 Å². The molecule has 1 aliphatic heterocycles. The van der Waals surface area contributed by atoms with Gasteiger partial charge in [-0.1, -0.05) is 0 Å². The molecule has 0 bridgehead atoms. The van der Waals surface area contributed by atoms with E-state index in [1.165, 1.54) is 4.90 Å². The van der Waals surface area contributed by atoms with Crippen LogP contribution < -0.4 is 0 Å². The van der Waals surface area contributed by atoms with Crippen LogP contribution in [-0.2, 0) is 4.74 Å². The predicted molar refractivity (Wildman–Crippen MR) is 46.5 cm³/mol. The van der Waals surface area contributed by atoms with Crippen LogP contribution in [0, 0.1) is 0 Å². The molecule has 1 saturated heterocycles. The molecule has 15 heavy (non-hydrogen) atoms. The van der Waals surface area contributed by atoms with E-state index in [-0.39, 0.29) is 0 Å². The van der Waals surface area contributed by atoms with Crippen molar-refractivity contribution in [2.45, 2.75) is 6.18 Å². The molecule has 4 nitrogen and oxygen atoms in total. The summed E-state index contributed by atoms with van der Waals surface area (Å²) in [6.45, 7) is 0.239. The molecular formula is C8H13F3N2O2. The minimum absolute atomic E-state index is 0.348. The number of ether oxygens (including phenoxy) is 1. The Morgan fingerprint density at radius 1 is 1.40 bits per heavy atom. The van der Waals surface area contributed by atoms with Crippen molar-refractivity contribution in [2.75, 3.05) is 39.9 Å². The molecule has 1 rings (SSSR count). The highest BCUT2D eigenvalue weighted by Crippen LogP contribution is 2.16. The molecule has 0 atom stereocenters. The number of rotatable bonds is 1. The van der Waals surface area contributed by atoms with Crippen LogP contribution in [0.1, 0.15) is 0 Å². The zero-order valence-corrected chi connectivity index (χ0v) is 8.38. The molecule has 88 valence electrons. The fourth-order valence-electron chi connectivity index (χ4n) is 1.33. The van der Waals surface area contributed by atoms with Crippen LogP contribution in [0.2, 0.25) is 0 Å². The number of morpholine rings is 1. The van der Waals surface area contributed by atoms with Crippen LogP contribution in [0.3, 0.4) is 0 Å². The van der Waals surface area contributed by atoms with Crippen LogP contribution in [-0.4, -0.2) is 61.9 Å². The van der Waals surface area contributed by atoms with Crippen molar-refractivity contribution < 1.29 is 22.7 Å². The maximum Gasteiger partial charge on any atom is 0.406 e. The Kier molecular flexibility index (Phi) is 3.78. The van der Waals surface area contributed by atoms with Crippen molar-refractivity contribution in [3.8, 4) is 0 Å². The maximum atomic E-state index is 12.0. The lowest BCUT2D eigenvalue weighted by Gasteiger charge is -2.31. The third-order valence-electron chi connectivity index (χ3n) is 2.02. The lowest BCUT2D eigenvalue weighted by molar-refractivity contribution is -0.139. The highest BCUT2D eigenvalue weighted by Gasteiger charge is 2.32. The molecule has 0 aromatic rings. The molecule has 0 aliphatic carbocycles. The van der Waals surface area contributed by atoms with Crippen LogP contribution in [0.5, 0.6) is 0 Å². The summed E-state index contributed by atoms with van der Waals surface area (Å²) in [7, 11) is 1.14. The van der Waals surface area contributed by atoms with E-state index in [9.17, 15) is 18.0 Å². The number of carbonyl (C=O) groups is 1. The van der Waals surface area contributed by atoms with Gasteiger partial charge in [0.25, 0.3) is 0 Å². The Labute approximate surface area is 85.6 Å². The molecule has 0 aromatic heterocycles. The lowest BCUT2D eigenvalue weighted by Crippen LogP contribution is -2.49. The standard InChI is InChI=1S/C8H13F3N2O2/c1-12(6-8(9,10)11)7(14)13-2-4-15-5-3-13/h2-6H2,1H3. The van der Waals surface area contributed by atoms with Gasteiger partial charge in [0.05, 0.1) is 13.2 Å². The van der Waals surface area contributed by atoms with Gasteiger partial charge in [-0.3, -0.25) is 0 Å². The van der Waals surface area contributed by atoms with Crippen LogP contribution in [0.25, 0.3) is 0 Å². The van der Waals surface area contributed by atoms with Crippen LogP contribution in [0.4, 0.5) is 18.0 Å². The summed E-state index contributed by atoms with van der Waals surface area (Å²) in [6.07, 6.45) is -4.35. The van der Waals surface area contributed by atoms with Gasteiger partial charge in [-0.05, 0) is 0 Å². The molecule has 1 fully saturated rings. The van der Waals surface area contributed by atoms with E-state index >= 15 is 0 Å². The summed E-state index contributed by atoms with van der Waals surface area (Å²) >= 11 is 0. The highest BCUT2D eigenvalue weighted by molar-refractivity contribution is 5.74. The summed E-state index contributed by atoms with van der Waals surface area (Å²) in [5.41, 5.74) is 0. The number of amides is 2. The third kappa shape index (κ3) is 3.94. The molecule has 1 aliphatic rings. The first-order chi connectivity index (χ1) is 6.90. The third-order valence-corrected chi connectivity index (χ3v) is 2.02. The second-order valence-electron chi connectivity index (χ2n) is 3.35. The van der Waals surface area contributed by atoms with Crippen molar-refractivity contribution >= 4 is 6.03 Å². The minimum Gasteiger partial charge on any atom is -0.378 e. The molecule has 0 N–H and O–H groups in total. The Bertz CT molecular complexity index is 226. The molecule has 7 heteroatoms. The fraction of sp³-hybridized carbons (Fsp3) is 0.875. The summed E-state index contributed by atoms with van der Waals surface area (Å²) < 4.78 is 41.0.